The van der Waals surface area contributed by atoms with Gasteiger partial charge in [0.25, 0.3) is 0 Å². The van der Waals surface area contributed by atoms with E-state index in [2.05, 4.69) is 25.0 Å². The fraction of sp³-hybridized carbons (Fsp3) is 0. The predicted octanol–water partition coefficient (Wildman–Crippen LogP) is 7.81. The van der Waals surface area contributed by atoms with E-state index in [0.29, 0.717) is 0 Å². The minimum Gasteiger partial charge on any atom is -0.241 e. The molecule has 0 N–H and O–H groups in total. The molecule has 234 valence electrons. The van der Waals surface area contributed by atoms with Crippen LogP contribution in [0.3, 0.4) is 0 Å². The summed E-state index contributed by atoms with van der Waals surface area (Å²) in [6.07, 6.45) is 1.54. The second-order valence-electron chi connectivity index (χ2n) is 10.1. The zero-order valence-corrected chi connectivity index (χ0v) is 22.9. The zero-order valence-electron chi connectivity index (χ0n) is 22.9. The standard InChI is InChI=1S/C32H6F10N6/c1-44-48-30-14-7-10(16-19(35)23(39)26(42)24(40)20(16)36)3-5-12(14)29-32(30)47-28-11-4-2-9(6-13(11)27(45-8-43)31(28)46-29)15-17(33)21(37)25(41)22(38)18(15)34/h2-7H/b45-27?,48-30+. The number of hydrogen-bond acceptors (Lipinski definition) is 5. The zero-order chi connectivity index (χ0) is 34.3. The third kappa shape index (κ3) is 3.99. The fourth-order valence-electron chi connectivity index (χ4n) is 5.63. The van der Waals surface area contributed by atoms with Crippen molar-refractivity contribution in [1.29, 1.82) is 5.26 Å². The Morgan fingerprint density at radius 2 is 0.896 bits per heavy atom. The number of nitriles is 1. The van der Waals surface area contributed by atoms with Crippen LogP contribution in [0.2, 0.25) is 0 Å². The first-order valence-electron chi connectivity index (χ1n) is 13.1. The van der Waals surface area contributed by atoms with Crippen LogP contribution in [-0.2, 0) is 0 Å². The summed E-state index contributed by atoms with van der Waals surface area (Å²) >= 11 is 0. The minimum atomic E-state index is -2.35. The molecule has 7 rings (SSSR count). The molecule has 48 heavy (non-hydrogen) atoms. The Labute approximate surface area is 258 Å². The Bertz CT molecular complexity index is 2570. The molecule has 0 spiro atoms. The van der Waals surface area contributed by atoms with Crippen molar-refractivity contribution in [3.8, 4) is 28.4 Å². The third-order valence-electron chi connectivity index (χ3n) is 7.71. The van der Waals surface area contributed by atoms with Crippen molar-refractivity contribution in [3.05, 3.63) is 117 Å². The number of nitrogens with zero attached hydrogens (tertiary/aromatic N) is 6. The van der Waals surface area contributed by atoms with E-state index in [1.54, 1.807) is 6.19 Å². The van der Waals surface area contributed by atoms with Crippen LogP contribution < -0.4 is 10.7 Å². The summed E-state index contributed by atoms with van der Waals surface area (Å²) in [6, 6.07) is 6.53. The second kappa shape index (κ2) is 10.6. The van der Waals surface area contributed by atoms with Gasteiger partial charge < -0.3 is 0 Å². The summed E-state index contributed by atoms with van der Waals surface area (Å²) in [7, 11) is 0. The van der Waals surface area contributed by atoms with E-state index < -0.39 is 80.4 Å². The van der Waals surface area contributed by atoms with Crippen LogP contribution in [0.1, 0.15) is 0 Å². The smallest absolute Gasteiger partial charge is 0.206 e. The van der Waals surface area contributed by atoms with E-state index in [-0.39, 0.29) is 54.3 Å². The van der Waals surface area contributed by atoms with Crippen LogP contribution in [0.15, 0.2) is 46.5 Å². The molecule has 6 aromatic carbocycles. The average Bonchev–Trinajstić information content (AvgIpc) is 3.55. The van der Waals surface area contributed by atoms with Gasteiger partial charge in [-0.05, 0) is 23.3 Å². The molecule has 0 amide bonds. The molecule has 0 fully saturated rings. The van der Waals surface area contributed by atoms with Crippen molar-refractivity contribution in [1.82, 2.24) is 9.97 Å². The highest BCUT2D eigenvalue weighted by atomic mass is 19.2. The SMILES string of the molecule is [C-]#[N+]/N=c1\c2cc(-c3c(F)c(F)c(F)c(F)c3F)ccc2c2nc3c(=NC#N)c4cc(-c5c(F)c(F)c(F)c(F)c5F)ccc4c3nc12. The lowest BCUT2D eigenvalue weighted by Gasteiger charge is -2.08. The number of hydrogen-bond donors (Lipinski definition) is 0. The molecule has 0 bridgehead atoms. The molecule has 0 aliphatic rings. The van der Waals surface area contributed by atoms with Crippen molar-refractivity contribution in [3.63, 3.8) is 0 Å². The first-order valence-corrected chi connectivity index (χ1v) is 13.1. The maximum Gasteiger partial charge on any atom is 0.206 e. The number of rotatable bonds is 2. The second-order valence-corrected chi connectivity index (χ2v) is 10.1. The summed E-state index contributed by atoms with van der Waals surface area (Å²) in [5.41, 5.74) is -3.58. The monoisotopic (exact) mass is 664 g/mol. The van der Waals surface area contributed by atoms with E-state index in [1.807, 2.05) is 0 Å². The van der Waals surface area contributed by atoms with Crippen molar-refractivity contribution >= 4 is 43.6 Å². The number of fused-ring (bicyclic) bond motifs is 6. The van der Waals surface area contributed by atoms with E-state index in [0.717, 1.165) is 24.3 Å². The molecular formula is C32H6F10N6. The Morgan fingerprint density at radius 1 is 0.521 bits per heavy atom. The fourth-order valence-corrected chi connectivity index (χ4v) is 5.63. The summed E-state index contributed by atoms with van der Waals surface area (Å²) in [4.78, 5) is 15.7. The maximum absolute atomic E-state index is 14.6. The van der Waals surface area contributed by atoms with Crippen LogP contribution >= 0.6 is 0 Å². The topological polar surface area (TPSA) is 78.6 Å². The van der Waals surface area contributed by atoms with E-state index >= 15 is 0 Å². The molecule has 1 heterocycles. The highest BCUT2D eigenvalue weighted by molar-refractivity contribution is 6.15. The molecule has 0 radical (unpaired) electrons. The maximum atomic E-state index is 14.6. The van der Waals surface area contributed by atoms with E-state index in [9.17, 15) is 49.2 Å². The van der Waals surface area contributed by atoms with E-state index in [4.69, 9.17) is 6.57 Å². The Balaban J connectivity index is 1.55. The number of benzene rings is 4. The van der Waals surface area contributed by atoms with Gasteiger partial charge in [0.15, 0.2) is 51.9 Å². The predicted molar refractivity (Wildman–Crippen MR) is 148 cm³/mol. The highest BCUT2D eigenvalue weighted by Gasteiger charge is 2.29. The molecule has 0 atom stereocenters. The first-order chi connectivity index (χ1) is 22.9. The van der Waals surface area contributed by atoms with Gasteiger partial charge in [0, 0.05) is 21.5 Å². The van der Waals surface area contributed by atoms with Gasteiger partial charge in [-0.2, -0.15) is 16.8 Å². The molecular weight excluding hydrogens is 658 g/mol. The Morgan fingerprint density at radius 3 is 1.29 bits per heavy atom. The van der Waals surface area contributed by atoms with Crippen molar-refractivity contribution in [2.45, 2.75) is 0 Å². The Hall–Kier alpha value is -6.42. The van der Waals surface area contributed by atoms with Gasteiger partial charge >= 0.3 is 0 Å². The van der Waals surface area contributed by atoms with E-state index in [1.165, 1.54) is 12.1 Å². The largest absolute Gasteiger partial charge is 0.241 e. The molecule has 0 aliphatic heterocycles. The summed E-state index contributed by atoms with van der Waals surface area (Å²) in [6.45, 7) is 7.29. The van der Waals surface area contributed by atoms with Crippen LogP contribution in [0.5, 0.6) is 0 Å². The number of halogens is 10. The lowest BCUT2D eigenvalue weighted by molar-refractivity contribution is 0.381. The van der Waals surface area contributed by atoms with Crippen LogP contribution in [0.25, 0.3) is 70.8 Å². The molecule has 0 unspecified atom stereocenters. The number of aromatic nitrogens is 2. The lowest BCUT2D eigenvalue weighted by atomic mass is 10.0. The van der Waals surface area contributed by atoms with Crippen molar-refractivity contribution in [2.24, 2.45) is 10.1 Å². The van der Waals surface area contributed by atoms with Gasteiger partial charge in [-0.25, -0.2) is 53.9 Å². The molecule has 0 saturated carbocycles. The molecule has 0 saturated heterocycles. The Kier molecular flexibility index (Phi) is 6.66. The van der Waals surface area contributed by atoms with Gasteiger partial charge in [0.1, 0.15) is 16.4 Å². The van der Waals surface area contributed by atoms with Crippen LogP contribution in [0, 0.1) is 76.2 Å². The first kappa shape index (κ1) is 30.2. The summed E-state index contributed by atoms with van der Waals surface area (Å²) in [5.74, 6) is -21.8. The third-order valence-corrected chi connectivity index (χ3v) is 7.71. The van der Waals surface area contributed by atoms with Crippen LogP contribution in [0.4, 0.5) is 43.9 Å². The molecule has 16 heteroatoms. The van der Waals surface area contributed by atoms with Gasteiger partial charge in [-0.3, -0.25) is 0 Å². The highest BCUT2D eigenvalue weighted by Crippen LogP contribution is 2.37. The molecule has 7 aromatic rings. The van der Waals surface area contributed by atoms with Gasteiger partial charge in [0.05, 0.1) is 27.3 Å². The normalized spacial score (nSPS) is 12.6. The quantitative estimate of drug-likeness (QED) is 0.0473. The molecule has 0 aliphatic carbocycles. The summed E-state index contributed by atoms with van der Waals surface area (Å²) < 4.78 is 142. The minimum absolute atomic E-state index is 0.00598. The van der Waals surface area contributed by atoms with Crippen LogP contribution in [-0.4, -0.2) is 9.97 Å². The van der Waals surface area contributed by atoms with Crippen molar-refractivity contribution in [2.75, 3.05) is 0 Å². The van der Waals surface area contributed by atoms with Crippen molar-refractivity contribution < 1.29 is 43.9 Å². The average molecular weight is 664 g/mol. The van der Waals surface area contributed by atoms with Gasteiger partial charge in [0.2, 0.25) is 17.8 Å². The molecule has 1 aromatic heterocycles. The van der Waals surface area contributed by atoms with Gasteiger partial charge in [-0.15, -0.1) is 4.95 Å². The van der Waals surface area contributed by atoms with Gasteiger partial charge in [-0.1, -0.05) is 24.3 Å². The lowest BCUT2D eigenvalue weighted by Crippen LogP contribution is -2.05. The summed E-state index contributed by atoms with van der Waals surface area (Å²) in [5, 5.41) is 13.0. The molecule has 6 nitrogen and oxygen atoms in total.